The predicted octanol–water partition coefficient (Wildman–Crippen LogP) is 1.41. The number of ketones is 1. The van der Waals surface area contributed by atoms with Gasteiger partial charge < -0.3 is 5.73 Å². The number of carbonyl (C=O) groups is 1. The summed E-state index contributed by atoms with van der Waals surface area (Å²) < 4.78 is 0. The second-order valence-electron chi connectivity index (χ2n) is 4.31. The monoisotopic (exact) mass is 263 g/mol. The summed E-state index contributed by atoms with van der Waals surface area (Å²) in [7, 11) is 0. The molecule has 6 heteroatoms. The molecular formula is C14H9N5O. The van der Waals surface area contributed by atoms with E-state index in [1.54, 1.807) is 18.2 Å². The number of fused-ring (bicyclic) bond motifs is 1. The van der Waals surface area contributed by atoms with Crippen LogP contribution in [-0.2, 0) is 4.79 Å². The number of nitrogen functional groups attached to an aromatic ring is 1. The molecule has 3 rings (SSSR count). The molecule has 0 spiro atoms. The molecule has 0 saturated carbocycles. The molecule has 2 aromatic heterocycles. The first-order valence-electron chi connectivity index (χ1n) is 5.91. The second kappa shape index (κ2) is 4.55. The smallest absolute Gasteiger partial charge is 0.177 e. The van der Waals surface area contributed by atoms with Crippen molar-refractivity contribution in [2.45, 2.75) is 6.42 Å². The molecule has 0 amide bonds. The fourth-order valence-electron chi connectivity index (χ4n) is 2.02. The molecule has 6 nitrogen and oxygen atoms in total. The molecule has 0 bridgehead atoms. The molecule has 0 fully saturated rings. The SMILES string of the molecule is N#CC1=CC=C(c2ccc3ncnc(N)c3n2)CC1=O. The van der Waals surface area contributed by atoms with Gasteiger partial charge in [0.2, 0.25) is 0 Å². The predicted molar refractivity (Wildman–Crippen MR) is 73.0 cm³/mol. The van der Waals surface area contributed by atoms with Gasteiger partial charge in [0.15, 0.2) is 11.6 Å². The Labute approximate surface area is 114 Å². The number of nitrogens with zero attached hydrogens (tertiary/aromatic N) is 4. The second-order valence-corrected chi connectivity index (χ2v) is 4.31. The summed E-state index contributed by atoms with van der Waals surface area (Å²) in [6.45, 7) is 0. The highest BCUT2D eigenvalue weighted by atomic mass is 16.1. The van der Waals surface area contributed by atoms with E-state index in [0.717, 1.165) is 5.57 Å². The maximum absolute atomic E-state index is 11.7. The van der Waals surface area contributed by atoms with Gasteiger partial charge >= 0.3 is 0 Å². The fraction of sp³-hybridized carbons (Fsp3) is 0.0714. The lowest BCUT2D eigenvalue weighted by molar-refractivity contribution is -0.114. The van der Waals surface area contributed by atoms with E-state index in [2.05, 4.69) is 15.0 Å². The third-order valence-electron chi connectivity index (χ3n) is 3.06. The van der Waals surface area contributed by atoms with Crippen molar-refractivity contribution in [3.05, 3.63) is 41.9 Å². The van der Waals surface area contributed by atoms with Crippen LogP contribution in [-0.4, -0.2) is 20.7 Å². The first-order valence-corrected chi connectivity index (χ1v) is 5.91. The number of Topliss-reactive ketones (excluding diaryl/α,β-unsaturated/α-hetero) is 1. The number of aromatic nitrogens is 3. The Morgan fingerprint density at radius 2 is 2.10 bits per heavy atom. The lowest BCUT2D eigenvalue weighted by atomic mass is 9.95. The third kappa shape index (κ3) is 1.91. The lowest BCUT2D eigenvalue weighted by Gasteiger charge is -2.10. The van der Waals surface area contributed by atoms with Gasteiger partial charge in [0.05, 0.1) is 16.8 Å². The molecule has 0 atom stereocenters. The Balaban J connectivity index is 2.10. The number of pyridine rings is 1. The third-order valence-corrected chi connectivity index (χ3v) is 3.06. The Hall–Kier alpha value is -3.07. The standard InChI is InChI=1S/C14H9N5O/c15-6-9-2-1-8(5-12(9)20)10-3-4-11-13(19-10)14(16)18-7-17-11/h1-4,7H,5H2,(H2,16,17,18). The van der Waals surface area contributed by atoms with Crippen LogP contribution in [0.1, 0.15) is 12.1 Å². The molecule has 1 aliphatic carbocycles. The van der Waals surface area contributed by atoms with E-state index < -0.39 is 0 Å². The maximum Gasteiger partial charge on any atom is 0.177 e. The van der Waals surface area contributed by atoms with Crippen LogP contribution in [0.25, 0.3) is 16.6 Å². The van der Waals surface area contributed by atoms with Gasteiger partial charge in [0, 0.05) is 6.42 Å². The highest BCUT2D eigenvalue weighted by molar-refractivity contribution is 6.07. The van der Waals surface area contributed by atoms with Crippen LogP contribution in [0.15, 0.2) is 36.2 Å². The summed E-state index contributed by atoms with van der Waals surface area (Å²) in [5.41, 5.74) is 8.48. The lowest BCUT2D eigenvalue weighted by Crippen LogP contribution is -2.07. The normalized spacial score (nSPS) is 14.7. The minimum atomic E-state index is -0.204. The van der Waals surface area contributed by atoms with E-state index >= 15 is 0 Å². The Morgan fingerprint density at radius 3 is 2.85 bits per heavy atom. The molecule has 2 aromatic rings. The van der Waals surface area contributed by atoms with Crippen LogP contribution in [0.3, 0.4) is 0 Å². The molecule has 2 heterocycles. The van der Waals surface area contributed by atoms with E-state index in [9.17, 15) is 4.79 Å². The average molecular weight is 263 g/mol. The Kier molecular flexibility index (Phi) is 2.73. The van der Waals surface area contributed by atoms with Crippen LogP contribution < -0.4 is 5.73 Å². The van der Waals surface area contributed by atoms with Gasteiger partial charge in [-0.15, -0.1) is 0 Å². The highest BCUT2D eigenvalue weighted by Crippen LogP contribution is 2.25. The number of nitriles is 1. The number of hydrogen-bond acceptors (Lipinski definition) is 6. The van der Waals surface area contributed by atoms with E-state index in [4.69, 9.17) is 11.0 Å². The van der Waals surface area contributed by atoms with Crippen molar-refractivity contribution >= 4 is 28.2 Å². The van der Waals surface area contributed by atoms with Crippen LogP contribution >= 0.6 is 0 Å². The summed E-state index contributed by atoms with van der Waals surface area (Å²) in [6.07, 6.45) is 4.78. The van der Waals surface area contributed by atoms with Crippen LogP contribution in [0.4, 0.5) is 5.82 Å². The van der Waals surface area contributed by atoms with Crippen molar-refractivity contribution in [1.82, 2.24) is 15.0 Å². The van der Waals surface area contributed by atoms with Crippen molar-refractivity contribution < 1.29 is 4.79 Å². The molecule has 96 valence electrons. The summed E-state index contributed by atoms with van der Waals surface area (Å²) in [6, 6.07) is 5.43. The van der Waals surface area contributed by atoms with Crippen molar-refractivity contribution in [3.8, 4) is 6.07 Å². The van der Waals surface area contributed by atoms with Crippen LogP contribution in [0, 0.1) is 11.3 Å². The minimum absolute atomic E-state index is 0.158. The van der Waals surface area contributed by atoms with E-state index in [1.807, 2.05) is 6.07 Å². The van der Waals surface area contributed by atoms with Crippen molar-refractivity contribution in [2.24, 2.45) is 0 Å². The van der Waals surface area contributed by atoms with E-state index in [-0.39, 0.29) is 17.8 Å². The quantitative estimate of drug-likeness (QED) is 0.833. The zero-order valence-corrected chi connectivity index (χ0v) is 10.4. The van der Waals surface area contributed by atoms with Gasteiger partial charge in [-0.1, -0.05) is 6.08 Å². The Bertz CT molecular complexity index is 829. The largest absolute Gasteiger partial charge is 0.382 e. The highest BCUT2D eigenvalue weighted by Gasteiger charge is 2.17. The summed E-state index contributed by atoms with van der Waals surface area (Å²) in [5, 5.41) is 8.78. The molecule has 0 radical (unpaired) electrons. The number of rotatable bonds is 1. The van der Waals surface area contributed by atoms with Gasteiger partial charge in [0.1, 0.15) is 17.9 Å². The molecule has 1 aliphatic rings. The van der Waals surface area contributed by atoms with E-state index in [1.165, 1.54) is 12.4 Å². The van der Waals surface area contributed by atoms with Gasteiger partial charge in [0.25, 0.3) is 0 Å². The number of hydrogen-bond donors (Lipinski definition) is 1. The number of nitrogens with two attached hydrogens (primary N) is 1. The summed E-state index contributed by atoms with van der Waals surface area (Å²) >= 11 is 0. The van der Waals surface area contributed by atoms with Gasteiger partial charge in [-0.2, -0.15) is 5.26 Å². The molecule has 20 heavy (non-hydrogen) atoms. The minimum Gasteiger partial charge on any atom is -0.382 e. The van der Waals surface area contributed by atoms with E-state index in [0.29, 0.717) is 22.5 Å². The van der Waals surface area contributed by atoms with Crippen molar-refractivity contribution in [3.63, 3.8) is 0 Å². The van der Waals surface area contributed by atoms with Gasteiger partial charge in [-0.25, -0.2) is 15.0 Å². The topological polar surface area (TPSA) is 106 Å². The summed E-state index contributed by atoms with van der Waals surface area (Å²) in [5.74, 6) is 0.0945. The number of allylic oxidation sites excluding steroid dienone is 4. The van der Waals surface area contributed by atoms with Crippen LogP contribution in [0.5, 0.6) is 0 Å². The molecular weight excluding hydrogens is 254 g/mol. The van der Waals surface area contributed by atoms with Crippen molar-refractivity contribution in [1.29, 1.82) is 5.26 Å². The molecule has 0 unspecified atom stereocenters. The molecule has 2 N–H and O–H groups in total. The first-order chi connectivity index (χ1) is 9.69. The Morgan fingerprint density at radius 1 is 1.25 bits per heavy atom. The summed E-state index contributed by atoms with van der Waals surface area (Å²) in [4.78, 5) is 24.1. The zero-order chi connectivity index (χ0) is 14.1. The first kappa shape index (κ1) is 12.0. The molecule has 0 saturated heterocycles. The number of carbonyl (C=O) groups excluding carboxylic acids is 1. The maximum atomic E-state index is 11.7. The van der Waals surface area contributed by atoms with Gasteiger partial charge in [-0.3, -0.25) is 4.79 Å². The average Bonchev–Trinajstić information content (AvgIpc) is 2.47. The van der Waals surface area contributed by atoms with Crippen LogP contribution in [0.2, 0.25) is 0 Å². The van der Waals surface area contributed by atoms with Gasteiger partial charge in [-0.05, 0) is 23.8 Å². The zero-order valence-electron chi connectivity index (χ0n) is 10.4. The number of anilines is 1. The van der Waals surface area contributed by atoms with Crippen molar-refractivity contribution in [2.75, 3.05) is 5.73 Å². The molecule has 0 aliphatic heterocycles. The molecule has 0 aromatic carbocycles. The fourth-order valence-corrected chi connectivity index (χ4v) is 2.02.